The molecule has 0 aliphatic rings. The number of ether oxygens (including phenoxy) is 2. The Morgan fingerprint density at radius 2 is 1.41 bits per heavy atom. The van der Waals surface area contributed by atoms with Gasteiger partial charge in [-0.1, -0.05) is 36.4 Å². The number of anilines is 1. The second kappa shape index (κ2) is 11.0. The van der Waals surface area contributed by atoms with Gasteiger partial charge in [0.1, 0.15) is 34.5 Å². The van der Waals surface area contributed by atoms with Crippen LogP contribution >= 0.6 is 11.3 Å². The molecule has 0 radical (unpaired) electrons. The van der Waals surface area contributed by atoms with Crippen LogP contribution in [0.5, 0.6) is 11.5 Å². The minimum Gasteiger partial charge on any atom is -0.490 e. The predicted molar refractivity (Wildman–Crippen MR) is 138 cm³/mol. The number of nitrogens with zero attached hydrogens (tertiary/aromatic N) is 1. The Bertz CT molecular complexity index is 1570. The van der Waals surface area contributed by atoms with E-state index in [0.717, 1.165) is 11.3 Å². The molecule has 12 heteroatoms. The fourth-order valence-electron chi connectivity index (χ4n) is 3.33. The van der Waals surface area contributed by atoms with Gasteiger partial charge in [-0.15, -0.1) is 11.3 Å². The Kier molecular flexibility index (Phi) is 7.81. The molecule has 4 rings (SSSR count). The first-order chi connectivity index (χ1) is 17.7. The Morgan fingerprint density at radius 1 is 0.757 bits per heavy atom. The average Bonchev–Trinajstić information content (AvgIpc) is 3.44. The van der Waals surface area contributed by atoms with Crippen molar-refractivity contribution in [3.8, 4) is 11.5 Å². The number of sulfonamides is 2. The quantitative estimate of drug-likeness (QED) is 0.266. The summed E-state index contributed by atoms with van der Waals surface area (Å²) >= 11 is 0.912. The van der Waals surface area contributed by atoms with Gasteiger partial charge in [0.05, 0.1) is 10.6 Å². The molecular formula is C25H21NO8S3. The van der Waals surface area contributed by atoms with E-state index >= 15 is 0 Å². The van der Waals surface area contributed by atoms with Crippen LogP contribution in [0.25, 0.3) is 0 Å². The Balaban J connectivity index is 1.54. The zero-order chi connectivity index (χ0) is 26.5. The molecule has 37 heavy (non-hydrogen) atoms. The summed E-state index contributed by atoms with van der Waals surface area (Å²) in [4.78, 5) is 11.1. The lowest BCUT2D eigenvalue weighted by atomic mass is 10.2. The molecule has 0 bridgehead atoms. The van der Waals surface area contributed by atoms with E-state index in [1.807, 2.05) is 0 Å². The third kappa shape index (κ3) is 5.77. The maximum atomic E-state index is 13.4. The lowest BCUT2D eigenvalue weighted by Gasteiger charge is -2.23. The number of carboxylic acid groups (broad SMARTS) is 1. The normalized spacial score (nSPS) is 11.6. The Hall–Kier alpha value is -3.87. The number of aromatic carboxylic acids is 1. The lowest BCUT2D eigenvalue weighted by Crippen LogP contribution is -2.36. The summed E-state index contributed by atoms with van der Waals surface area (Å²) in [5.41, 5.74) is -0.0604. The Morgan fingerprint density at radius 3 is 2.05 bits per heavy atom. The molecule has 0 fully saturated rings. The van der Waals surface area contributed by atoms with E-state index in [1.165, 1.54) is 72.8 Å². The monoisotopic (exact) mass is 559 g/mol. The van der Waals surface area contributed by atoms with Crippen LogP contribution in [0.3, 0.4) is 0 Å². The van der Waals surface area contributed by atoms with E-state index in [2.05, 4.69) is 0 Å². The van der Waals surface area contributed by atoms with Crippen LogP contribution in [0.15, 0.2) is 105 Å². The van der Waals surface area contributed by atoms with Gasteiger partial charge in [0.25, 0.3) is 20.0 Å². The van der Waals surface area contributed by atoms with Crippen molar-refractivity contribution in [1.82, 2.24) is 0 Å². The molecule has 0 atom stereocenters. The van der Waals surface area contributed by atoms with E-state index in [0.29, 0.717) is 9.46 Å². The molecule has 0 unspecified atom stereocenters. The molecule has 0 saturated carbocycles. The van der Waals surface area contributed by atoms with Crippen LogP contribution in [-0.2, 0) is 20.0 Å². The van der Waals surface area contributed by atoms with Crippen LogP contribution in [0.1, 0.15) is 10.4 Å². The molecule has 1 N–H and O–H groups in total. The Labute approximate surface area is 218 Å². The molecule has 4 aromatic rings. The summed E-state index contributed by atoms with van der Waals surface area (Å²) in [6.45, 7) is 0.111. The van der Waals surface area contributed by atoms with Crippen LogP contribution in [0, 0.1) is 0 Å². The van der Waals surface area contributed by atoms with Gasteiger partial charge in [-0.25, -0.2) is 13.2 Å². The maximum absolute atomic E-state index is 13.4. The van der Waals surface area contributed by atoms with E-state index in [4.69, 9.17) is 9.47 Å². The lowest BCUT2D eigenvalue weighted by molar-refractivity contribution is 0.0691. The highest BCUT2D eigenvalue weighted by atomic mass is 32.3. The summed E-state index contributed by atoms with van der Waals surface area (Å²) in [6, 6.07) is 21.9. The van der Waals surface area contributed by atoms with Crippen LogP contribution in [-0.4, -0.2) is 41.1 Å². The third-order valence-corrected chi connectivity index (χ3v) is 10.6. The summed E-state index contributed by atoms with van der Waals surface area (Å²) < 4.78 is 65.0. The van der Waals surface area contributed by atoms with Crippen molar-refractivity contribution in [2.24, 2.45) is 0 Å². The first kappa shape index (κ1) is 26.2. The van der Waals surface area contributed by atoms with Crippen LogP contribution in [0.2, 0.25) is 0 Å². The van der Waals surface area contributed by atoms with Crippen molar-refractivity contribution < 1.29 is 36.2 Å². The first-order valence-electron chi connectivity index (χ1n) is 10.8. The van der Waals surface area contributed by atoms with Crippen LogP contribution in [0.4, 0.5) is 5.69 Å². The number of thiophene rings is 1. The van der Waals surface area contributed by atoms with Gasteiger partial charge in [-0.3, -0.25) is 0 Å². The molecule has 192 valence electrons. The topological polar surface area (TPSA) is 127 Å². The number of hydrogen-bond acceptors (Lipinski definition) is 8. The first-order valence-corrected chi connectivity index (χ1v) is 14.5. The van der Waals surface area contributed by atoms with Gasteiger partial charge in [-0.2, -0.15) is 12.1 Å². The van der Waals surface area contributed by atoms with Crippen LogP contribution < -0.4 is 13.2 Å². The summed E-state index contributed by atoms with van der Waals surface area (Å²) in [5.74, 6) is -0.571. The van der Waals surface area contributed by atoms with Gasteiger partial charge in [0, 0.05) is 0 Å². The highest BCUT2D eigenvalue weighted by Gasteiger charge is 2.37. The third-order valence-electron chi connectivity index (χ3n) is 5.00. The molecule has 0 aliphatic carbocycles. The molecule has 0 saturated heterocycles. The summed E-state index contributed by atoms with van der Waals surface area (Å²) in [7, 11) is -8.91. The largest absolute Gasteiger partial charge is 0.490 e. The van der Waals surface area contributed by atoms with Gasteiger partial charge in [0.2, 0.25) is 0 Å². The number of benzene rings is 3. The van der Waals surface area contributed by atoms with Crippen molar-refractivity contribution in [3.05, 3.63) is 102 Å². The van der Waals surface area contributed by atoms with E-state index < -0.39 is 26.0 Å². The van der Waals surface area contributed by atoms with Crippen molar-refractivity contribution in [2.45, 2.75) is 9.10 Å². The van der Waals surface area contributed by atoms with Gasteiger partial charge in [-0.05, 0) is 60.0 Å². The van der Waals surface area contributed by atoms with E-state index in [1.54, 1.807) is 23.6 Å². The second-order valence-corrected chi connectivity index (χ2v) is 12.4. The number of hydrogen-bond donors (Lipinski definition) is 1. The standard InChI is InChI=1S/C25H21NO8S3/c27-25(28)22-9-4-5-10-23(22)34-17-16-33-20-14-12-19(13-15-20)26(37(31,32)24-11-6-18-35-24)36(29,30)21-7-2-1-3-8-21/h1-15,18H,16-17H2,(H,27,28). The minimum absolute atomic E-state index is 0.0264. The van der Waals surface area contributed by atoms with Gasteiger partial charge >= 0.3 is 5.97 Å². The summed E-state index contributed by atoms with van der Waals surface area (Å²) in [6.07, 6.45) is 0. The molecule has 3 aromatic carbocycles. The molecule has 9 nitrogen and oxygen atoms in total. The molecule has 1 aromatic heterocycles. The van der Waals surface area contributed by atoms with Crippen molar-refractivity contribution in [1.29, 1.82) is 0 Å². The zero-order valence-corrected chi connectivity index (χ0v) is 21.6. The number of carbonyl (C=O) groups is 1. The number of para-hydroxylation sites is 1. The van der Waals surface area contributed by atoms with Gasteiger partial charge in [0.15, 0.2) is 0 Å². The fraction of sp³-hybridized carbons (Fsp3) is 0.0800. The molecular weight excluding hydrogens is 538 g/mol. The summed E-state index contributed by atoms with van der Waals surface area (Å²) in [5, 5.41) is 10.8. The van der Waals surface area contributed by atoms with Crippen molar-refractivity contribution in [3.63, 3.8) is 0 Å². The molecule has 0 spiro atoms. The molecule has 0 aliphatic heterocycles. The van der Waals surface area contributed by atoms with Gasteiger partial charge < -0.3 is 14.6 Å². The maximum Gasteiger partial charge on any atom is 0.339 e. The molecule has 0 amide bonds. The number of rotatable bonds is 11. The highest BCUT2D eigenvalue weighted by Crippen LogP contribution is 2.33. The smallest absolute Gasteiger partial charge is 0.339 e. The molecule has 1 heterocycles. The minimum atomic E-state index is -4.47. The predicted octanol–water partition coefficient (Wildman–Crippen LogP) is 4.49. The highest BCUT2D eigenvalue weighted by molar-refractivity contribution is 8.11. The fourth-order valence-corrected chi connectivity index (χ4v) is 8.24. The average molecular weight is 560 g/mol. The van der Waals surface area contributed by atoms with Crippen molar-refractivity contribution in [2.75, 3.05) is 16.9 Å². The van der Waals surface area contributed by atoms with Crippen molar-refractivity contribution >= 4 is 43.0 Å². The number of carboxylic acids is 1. The second-order valence-electron chi connectivity index (χ2n) is 7.44. The SMILES string of the molecule is O=C(O)c1ccccc1OCCOc1ccc(N(S(=O)(=O)c2ccccc2)S(=O)(=O)c2cccs2)cc1. The van der Waals surface area contributed by atoms with E-state index in [9.17, 15) is 26.7 Å². The zero-order valence-electron chi connectivity index (χ0n) is 19.1. The van der Waals surface area contributed by atoms with E-state index in [-0.39, 0.29) is 39.3 Å².